The fraction of sp³-hybridized carbons (Fsp3) is 0.143. The Labute approximate surface area is 154 Å². The average molecular weight is 367 g/mol. The van der Waals surface area contributed by atoms with E-state index in [-0.39, 0.29) is 11.4 Å². The van der Waals surface area contributed by atoms with Gasteiger partial charge in [0.1, 0.15) is 5.75 Å². The van der Waals surface area contributed by atoms with E-state index in [0.717, 1.165) is 11.1 Å². The van der Waals surface area contributed by atoms with Gasteiger partial charge in [-0.1, -0.05) is 48.0 Å². The maximum Gasteiger partial charge on any atom is 0.264 e. The molecule has 3 aromatic carbocycles. The van der Waals surface area contributed by atoms with Crippen LogP contribution in [-0.4, -0.2) is 15.5 Å². The summed E-state index contributed by atoms with van der Waals surface area (Å²) in [6, 6.07) is 23.4. The van der Waals surface area contributed by atoms with Crippen molar-refractivity contribution < 1.29 is 13.2 Å². The van der Waals surface area contributed by atoms with Gasteiger partial charge in [-0.15, -0.1) is 0 Å². The third-order valence-electron chi connectivity index (χ3n) is 4.14. The van der Waals surface area contributed by atoms with Gasteiger partial charge in [0.15, 0.2) is 0 Å². The van der Waals surface area contributed by atoms with Crippen LogP contribution < -0.4 is 9.04 Å². The van der Waals surface area contributed by atoms with E-state index < -0.39 is 10.0 Å². The Morgan fingerprint density at radius 2 is 1.46 bits per heavy atom. The standard InChI is InChI=1S/C21H21NO3S/c1-17-8-10-18(11-9-17)16-22(19-12-14-20(25-2)15-13-19)26(23,24)21-6-4-3-5-7-21/h3-15H,16H2,1-2H3. The molecule has 0 amide bonds. The van der Waals surface area contributed by atoms with Crippen molar-refractivity contribution in [3.63, 3.8) is 0 Å². The first-order valence-electron chi connectivity index (χ1n) is 8.28. The fourth-order valence-electron chi connectivity index (χ4n) is 2.64. The second-order valence-corrected chi connectivity index (χ2v) is 7.87. The van der Waals surface area contributed by atoms with Crippen LogP contribution in [0.3, 0.4) is 0 Å². The third kappa shape index (κ3) is 3.89. The zero-order chi connectivity index (χ0) is 18.6. The average Bonchev–Trinajstić information content (AvgIpc) is 2.68. The van der Waals surface area contributed by atoms with Crippen molar-refractivity contribution in [3.8, 4) is 5.75 Å². The number of sulfonamides is 1. The lowest BCUT2D eigenvalue weighted by molar-refractivity contribution is 0.415. The lowest BCUT2D eigenvalue weighted by Crippen LogP contribution is -2.30. The maximum atomic E-state index is 13.3. The lowest BCUT2D eigenvalue weighted by Gasteiger charge is -2.25. The third-order valence-corrected chi connectivity index (χ3v) is 5.93. The molecule has 0 heterocycles. The highest BCUT2D eigenvalue weighted by atomic mass is 32.2. The van der Waals surface area contributed by atoms with Crippen LogP contribution in [0.1, 0.15) is 11.1 Å². The molecule has 0 unspecified atom stereocenters. The van der Waals surface area contributed by atoms with Crippen LogP contribution in [0, 0.1) is 6.92 Å². The molecule has 0 atom stereocenters. The molecule has 0 aromatic heterocycles. The smallest absolute Gasteiger partial charge is 0.264 e. The SMILES string of the molecule is COc1ccc(N(Cc2ccc(C)cc2)S(=O)(=O)c2ccccc2)cc1. The van der Waals surface area contributed by atoms with Crippen LogP contribution in [-0.2, 0) is 16.6 Å². The molecule has 26 heavy (non-hydrogen) atoms. The van der Waals surface area contributed by atoms with Crippen LogP contribution in [0.15, 0.2) is 83.8 Å². The molecule has 0 fully saturated rings. The Bertz CT molecular complexity index is 950. The molecule has 3 aromatic rings. The van der Waals surface area contributed by atoms with E-state index in [1.807, 2.05) is 31.2 Å². The highest BCUT2D eigenvalue weighted by Crippen LogP contribution is 2.27. The van der Waals surface area contributed by atoms with Gasteiger partial charge in [-0.2, -0.15) is 0 Å². The van der Waals surface area contributed by atoms with Gasteiger partial charge in [0.2, 0.25) is 0 Å². The molecular weight excluding hydrogens is 346 g/mol. The lowest BCUT2D eigenvalue weighted by atomic mass is 10.1. The maximum absolute atomic E-state index is 13.3. The van der Waals surface area contributed by atoms with E-state index in [1.165, 1.54) is 4.31 Å². The van der Waals surface area contributed by atoms with Crippen LogP contribution in [0.4, 0.5) is 5.69 Å². The van der Waals surface area contributed by atoms with Gasteiger partial charge in [-0.25, -0.2) is 8.42 Å². The van der Waals surface area contributed by atoms with Crippen molar-refractivity contribution in [2.75, 3.05) is 11.4 Å². The van der Waals surface area contributed by atoms with Crippen LogP contribution >= 0.6 is 0 Å². The van der Waals surface area contributed by atoms with Crippen molar-refractivity contribution in [1.82, 2.24) is 0 Å². The summed E-state index contributed by atoms with van der Waals surface area (Å²) >= 11 is 0. The molecule has 0 saturated heterocycles. The predicted octanol–water partition coefficient (Wildman–Crippen LogP) is 4.40. The molecule has 0 bridgehead atoms. The predicted molar refractivity (Wildman–Crippen MR) is 104 cm³/mol. The van der Waals surface area contributed by atoms with Gasteiger partial charge >= 0.3 is 0 Å². The molecule has 0 saturated carbocycles. The number of anilines is 1. The number of nitrogens with zero attached hydrogens (tertiary/aromatic N) is 1. The van der Waals surface area contributed by atoms with E-state index in [0.29, 0.717) is 11.4 Å². The normalized spacial score (nSPS) is 11.2. The second kappa shape index (κ2) is 7.62. The Morgan fingerprint density at radius 1 is 0.846 bits per heavy atom. The van der Waals surface area contributed by atoms with Gasteiger partial charge < -0.3 is 4.74 Å². The minimum Gasteiger partial charge on any atom is -0.497 e. The summed E-state index contributed by atoms with van der Waals surface area (Å²) in [6.45, 7) is 2.26. The molecule has 3 rings (SSSR count). The van der Waals surface area contributed by atoms with E-state index in [9.17, 15) is 8.42 Å². The molecule has 0 radical (unpaired) electrons. The summed E-state index contributed by atoms with van der Waals surface area (Å²) in [5, 5.41) is 0. The van der Waals surface area contributed by atoms with Crippen molar-refractivity contribution in [3.05, 3.63) is 90.0 Å². The molecule has 0 aliphatic heterocycles. The number of methoxy groups -OCH3 is 1. The summed E-state index contributed by atoms with van der Waals surface area (Å²) in [7, 11) is -2.11. The number of ether oxygens (including phenoxy) is 1. The summed E-state index contributed by atoms with van der Waals surface area (Å²) < 4.78 is 33.1. The summed E-state index contributed by atoms with van der Waals surface area (Å²) in [5.74, 6) is 0.682. The molecular formula is C21H21NO3S. The van der Waals surface area contributed by atoms with Gasteiger partial charge in [-0.3, -0.25) is 4.31 Å². The Morgan fingerprint density at radius 3 is 2.04 bits per heavy atom. The van der Waals surface area contributed by atoms with Gasteiger partial charge in [-0.05, 0) is 48.9 Å². The topological polar surface area (TPSA) is 46.6 Å². The zero-order valence-electron chi connectivity index (χ0n) is 14.8. The van der Waals surface area contributed by atoms with Crippen molar-refractivity contribution in [2.45, 2.75) is 18.4 Å². The van der Waals surface area contributed by atoms with Gasteiger partial charge in [0.05, 0.1) is 24.2 Å². The first-order chi connectivity index (χ1) is 12.5. The molecule has 0 spiro atoms. The Hall–Kier alpha value is -2.79. The van der Waals surface area contributed by atoms with E-state index in [2.05, 4.69) is 0 Å². The largest absolute Gasteiger partial charge is 0.497 e. The summed E-state index contributed by atoms with van der Waals surface area (Å²) in [5.41, 5.74) is 2.65. The molecule has 0 N–H and O–H groups in total. The second-order valence-electron chi connectivity index (χ2n) is 6.01. The number of hydrogen-bond acceptors (Lipinski definition) is 3. The number of benzene rings is 3. The van der Waals surface area contributed by atoms with Gasteiger partial charge in [0, 0.05) is 0 Å². The summed E-state index contributed by atoms with van der Waals surface area (Å²) in [6.07, 6.45) is 0. The Balaban J connectivity index is 2.04. The molecule has 0 aliphatic carbocycles. The first-order valence-corrected chi connectivity index (χ1v) is 9.72. The molecule has 0 aliphatic rings. The molecule has 134 valence electrons. The quantitative estimate of drug-likeness (QED) is 0.649. The monoisotopic (exact) mass is 367 g/mol. The number of hydrogen-bond donors (Lipinski definition) is 0. The van der Waals surface area contributed by atoms with E-state index in [1.54, 1.807) is 61.7 Å². The minimum atomic E-state index is -3.69. The van der Waals surface area contributed by atoms with Gasteiger partial charge in [0.25, 0.3) is 10.0 Å². The fourth-order valence-corrected chi connectivity index (χ4v) is 4.12. The molecule has 4 nitrogen and oxygen atoms in total. The highest BCUT2D eigenvalue weighted by molar-refractivity contribution is 7.92. The Kier molecular flexibility index (Phi) is 5.28. The van der Waals surface area contributed by atoms with Crippen LogP contribution in [0.25, 0.3) is 0 Å². The van der Waals surface area contributed by atoms with Crippen LogP contribution in [0.5, 0.6) is 5.75 Å². The van der Waals surface area contributed by atoms with E-state index >= 15 is 0 Å². The zero-order valence-corrected chi connectivity index (χ0v) is 15.6. The molecule has 5 heteroatoms. The van der Waals surface area contributed by atoms with Crippen molar-refractivity contribution >= 4 is 15.7 Å². The minimum absolute atomic E-state index is 0.254. The van der Waals surface area contributed by atoms with Crippen LogP contribution in [0.2, 0.25) is 0 Å². The van der Waals surface area contributed by atoms with E-state index in [4.69, 9.17) is 4.74 Å². The van der Waals surface area contributed by atoms with Crippen molar-refractivity contribution in [2.24, 2.45) is 0 Å². The first kappa shape index (κ1) is 18.0. The highest BCUT2D eigenvalue weighted by Gasteiger charge is 2.25. The van der Waals surface area contributed by atoms with Crippen molar-refractivity contribution in [1.29, 1.82) is 0 Å². The number of aryl methyl sites for hydroxylation is 1. The number of rotatable bonds is 6. The summed E-state index contributed by atoms with van der Waals surface area (Å²) in [4.78, 5) is 0.267.